The van der Waals surface area contributed by atoms with Crippen molar-refractivity contribution in [2.45, 2.75) is 32.7 Å². The fourth-order valence-electron chi connectivity index (χ4n) is 3.19. The van der Waals surface area contributed by atoms with Gasteiger partial charge in [-0.2, -0.15) is 0 Å². The van der Waals surface area contributed by atoms with Gasteiger partial charge in [0.15, 0.2) is 0 Å². The van der Waals surface area contributed by atoms with E-state index in [4.69, 9.17) is 4.74 Å². The van der Waals surface area contributed by atoms with Crippen molar-refractivity contribution in [2.24, 2.45) is 5.41 Å². The highest BCUT2D eigenvalue weighted by Crippen LogP contribution is 2.29. The normalized spacial score (nSPS) is 22.6. The average Bonchev–Trinajstić information content (AvgIpc) is 2.49. The van der Waals surface area contributed by atoms with Crippen molar-refractivity contribution in [1.29, 1.82) is 0 Å². The molecule has 21 heavy (non-hydrogen) atoms. The maximum atomic E-state index is 5.79. The Labute approximate surface area is 128 Å². The Morgan fingerprint density at radius 2 is 2.19 bits per heavy atom. The lowest BCUT2D eigenvalue weighted by molar-refractivity contribution is -0.0236. The van der Waals surface area contributed by atoms with Crippen LogP contribution in [-0.2, 0) is 11.3 Å². The number of ether oxygens (including phenoxy) is 1. The Morgan fingerprint density at radius 3 is 2.86 bits per heavy atom. The first-order chi connectivity index (χ1) is 10.2. The molecule has 0 aromatic carbocycles. The maximum absolute atomic E-state index is 5.79. The van der Waals surface area contributed by atoms with Crippen LogP contribution >= 0.6 is 0 Å². The fourth-order valence-corrected chi connectivity index (χ4v) is 3.19. The van der Waals surface area contributed by atoms with E-state index in [2.05, 4.69) is 41.3 Å². The molecular weight excluding hydrogens is 262 g/mol. The highest BCUT2D eigenvalue weighted by molar-refractivity contribution is 5.09. The van der Waals surface area contributed by atoms with Gasteiger partial charge in [-0.15, -0.1) is 0 Å². The molecule has 0 radical (unpaired) electrons. The van der Waals surface area contributed by atoms with Crippen molar-refractivity contribution in [2.75, 3.05) is 39.9 Å². The summed E-state index contributed by atoms with van der Waals surface area (Å²) in [4.78, 5) is 6.50. The zero-order valence-corrected chi connectivity index (χ0v) is 13.5. The van der Waals surface area contributed by atoms with E-state index >= 15 is 0 Å². The van der Waals surface area contributed by atoms with Gasteiger partial charge in [-0.3, -0.25) is 4.98 Å². The van der Waals surface area contributed by atoms with Gasteiger partial charge in [0, 0.05) is 44.0 Å². The smallest absolute Gasteiger partial charge is 0.0546 e. The predicted molar refractivity (Wildman–Crippen MR) is 86.2 cm³/mol. The molecule has 1 aliphatic rings. The number of nitrogens with zero attached hydrogens (tertiary/aromatic N) is 2. The molecule has 4 heteroatoms. The minimum absolute atomic E-state index is 0.259. The molecule has 1 fully saturated rings. The van der Waals surface area contributed by atoms with Crippen LogP contribution in [0.1, 0.15) is 31.7 Å². The monoisotopic (exact) mass is 291 g/mol. The maximum Gasteiger partial charge on any atom is 0.0546 e. The second-order valence-corrected chi connectivity index (χ2v) is 6.36. The van der Waals surface area contributed by atoms with E-state index in [1.54, 1.807) is 0 Å². The van der Waals surface area contributed by atoms with Crippen molar-refractivity contribution in [3.05, 3.63) is 30.1 Å². The molecule has 0 spiro atoms. The lowest BCUT2D eigenvalue weighted by Crippen LogP contribution is -2.48. The van der Waals surface area contributed by atoms with E-state index in [1.807, 2.05) is 12.4 Å². The van der Waals surface area contributed by atoms with E-state index in [1.165, 1.54) is 24.8 Å². The molecule has 0 bridgehead atoms. The molecule has 0 saturated carbocycles. The fraction of sp³-hybridized carbons (Fsp3) is 0.706. The Balaban J connectivity index is 1.90. The molecule has 2 rings (SSSR count). The van der Waals surface area contributed by atoms with Gasteiger partial charge in [0.05, 0.1) is 6.61 Å². The zero-order chi connectivity index (χ0) is 15.0. The minimum Gasteiger partial charge on any atom is -0.381 e. The third-order valence-corrected chi connectivity index (χ3v) is 4.14. The van der Waals surface area contributed by atoms with Crippen LogP contribution in [0.15, 0.2) is 24.5 Å². The van der Waals surface area contributed by atoms with Crippen LogP contribution in [0.3, 0.4) is 0 Å². The summed E-state index contributed by atoms with van der Waals surface area (Å²) in [5, 5.41) is 3.60. The lowest BCUT2D eigenvalue weighted by Gasteiger charge is -2.40. The molecule has 1 aliphatic heterocycles. The van der Waals surface area contributed by atoms with Gasteiger partial charge >= 0.3 is 0 Å². The van der Waals surface area contributed by atoms with E-state index < -0.39 is 0 Å². The molecular formula is C17H29N3O. The molecule has 1 N–H and O–H groups in total. The number of hydrogen-bond donors (Lipinski definition) is 1. The van der Waals surface area contributed by atoms with Gasteiger partial charge in [-0.05, 0) is 50.6 Å². The number of nitrogens with one attached hydrogen (secondary N) is 1. The number of rotatable bonds is 8. The summed E-state index contributed by atoms with van der Waals surface area (Å²) in [6.07, 6.45) is 7.35. The second kappa shape index (κ2) is 8.47. The van der Waals surface area contributed by atoms with Gasteiger partial charge in [0.25, 0.3) is 0 Å². The van der Waals surface area contributed by atoms with Crippen LogP contribution < -0.4 is 5.32 Å². The highest BCUT2D eigenvalue weighted by Gasteiger charge is 2.33. The van der Waals surface area contributed by atoms with E-state index in [0.717, 1.165) is 39.4 Å². The Kier molecular flexibility index (Phi) is 6.61. The summed E-state index contributed by atoms with van der Waals surface area (Å²) < 4.78 is 5.79. The Hall–Kier alpha value is -0.970. The summed E-state index contributed by atoms with van der Waals surface area (Å²) >= 11 is 0. The molecule has 2 heterocycles. The van der Waals surface area contributed by atoms with Crippen LogP contribution in [-0.4, -0.2) is 49.8 Å². The van der Waals surface area contributed by atoms with Crippen molar-refractivity contribution < 1.29 is 4.74 Å². The van der Waals surface area contributed by atoms with Crippen molar-refractivity contribution in [1.82, 2.24) is 15.2 Å². The van der Waals surface area contributed by atoms with Gasteiger partial charge in [-0.1, -0.05) is 6.92 Å². The van der Waals surface area contributed by atoms with Gasteiger partial charge in [0.1, 0.15) is 0 Å². The summed E-state index contributed by atoms with van der Waals surface area (Å²) in [5.74, 6) is 0. The molecule has 118 valence electrons. The molecule has 1 aromatic rings. The van der Waals surface area contributed by atoms with Gasteiger partial charge in [0.2, 0.25) is 0 Å². The molecule has 4 nitrogen and oxygen atoms in total. The number of aromatic nitrogens is 1. The first-order valence-electron chi connectivity index (χ1n) is 8.10. The number of pyridine rings is 1. The topological polar surface area (TPSA) is 37.4 Å². The second-order valence-electron chi connectivity index (χ2n) is 6.36. The van der Waals surface area contributed by atoms with Crippen molar-refractivity contribution >= 4 is 0 Å². The summed E-state index contributed by atoms with van der Waals surface area (Å²) in [7, 11) is 2.20. The SMILES string of the molecule is CCCNCC1(CN(C)Cc2ccncc2)CCCOC1. The molecule has 1 atom stereocenters. The van der Waals surface area contributed by atoms with Gasteiger partial charge < -0.3 is 15.0 Å². The summed E-state index contributed by atoms with van der Waals surface area (Å²) in [6, 6.07) is 4.19. The first kappa shape index (κ1) is 16.4. The van der Waals surface area contributed by atoms with Gasteiger partial charge in [-0.25, -0.2) is 0 Å². The standard InChI is InChI=1S/C17H29N3O/c1-3-8-19-13-17(7-4-11-21-15-17)14-20(2)12-16-5-9-18-10-6-16/h5-6,9-10,19H,3-4,7-8,11-15H2,1-2H3. The van der Waals surface area contributed by atoms with Crippen LogP contribution in [0.2, 0.25) is 0 Å². The average molecular weight is 291 g/mol. The molecule has 1 saturated heterocycles. The third-order valence-electron chi connectivity index (χ3n) is 4.14. The van der Waals surface area contributed by atoms with Crippen LogP contribution in [0, 0.1) is 5.41 Å². The molecule has 1 aromatic heterocycles. The first-order valence-corrected chi connectivity index (χ1v) is 8.10. The summed E-state index contributed by atoms with van der Waals surface area (Å²) in [6.45, 7) is 8.21. The third kappa shape index (κ3) is 5.38. The highest BCUT2D eigenvalue weighted by atomic mass is 16.5. The van der Waals surface area contributed by atoms with Crippen LogP contribution in [0.4, 0.5) is 0 Å². The molecule has 0 amide bonds. The zero-order valence-electron chi connectivity index (χ0n) is 13.5. The summed E-state index contributed by atoms with van der Waals surface area (Å²) in [5.41, 5.74) is 1.58. The van der Waals surface area contributed by atoms with Crippen molar-refractivity contribution in [3.8, 4) is 0 Å². The molecule has 1 unspecified atom stereocenters. The van der Waals surface area contributed by atoms with E-state index in [0.29, 0.717) is 0 Å². The minimum atomic E-state index is 0.259. The Morgan fingerprint density at radius 1 is 1.38 bits per heavy atom. The number of hydrogen-bond acceptors (Lipinski definition) is 4. The van der Waals surface area contributed by atoms with Crippen LogP contribution in [0.25, 0.3) is 0 Å². The van der Waals surface area contributed by atoms with Crippen LogP contribution in [0.5, 0.6) is 0 Å². The molecule has 0 aliphatic carbocycles. The lowest BCUT2D eigenvalue weighted by atomic mass is 9.81. The largest absolute Gasteiger partial charge is 0.381 e. The van der Waals surface area contributed by atoms with E-state index in [9.17, 15) is 0 Å². The Bertz CT molecular complexity index is 390. The van der Waals surface area contributed by atoms with E-state index in [-0.39, 0.29) is 5.41 Å². The quantitative estimate of drug-likeness (QED) is 0.746. The predicted octanol–water partition coefficient (Wildman–Crippen LogP) is 2.31. The van der Waals surface area contributed by atoms with Crippen molar-refractivity contribution in [3.63, 3.8) is 0 Å².